The molecule has 1 aromatic rings. The largest absolute Gasteiger partial charge is 0.507 e. The molecule has 0 saturated carbocycles. The van der Waals surface area contributed by atoms with E-state index in [1.165, 1.54) is 18.2 Å². The van der Waals surface area contributed by atoms with Crippen LogP contribution in [0.15, 0.2) is 30.9 Å². The molecular formula is C12H13NO5. The summed E-state index contributed by atoms with van der Waals surface area (Å²) in [5, 5.41) is 20.6. The number of anilines is 1. The van der Waals surface area contributed by atoms with Gasteiger partial charge in [0.15, 0.2) is 0 Å². The molecule has 0 spiro atoms. The van der Waals surface area contributed by atoms with Crippen LogP contribution in [-0.2, 0) is 4.74 Å². The lowest BCUT2D eigenvalue weighted by atomic mass is 10.1. The molecule has 0 aliphatic heterocycles. The number of benzene rings is 1. The van der Waals surface area contributed by atoms with Crippen LogP contribution >= 0.6 is 0 Å². The fourth-order valence-corrected chi connectivity index (χ4v) is 1.25. The molecule has 0 radical (unpaired) electrons. The Morgan fingerprint density at radius 1 is 1.44 bits per heavy atom. The van der Waals surface area contributed by atoms with Crippen molar-refractivity contribution >= 4 is 17.7 Å². The minimum Gasteiger partial charge on any atom is -0.507 e. The van der Waals surface area contributed by atoms with Gasteiger partial charge in [0.1, 0.15) is 11.3 Å². The van der Waals surface area contributed by atoms with Gasteiger partial charge >= 0.3 is 12.1 Å². The number of ether oxygens (including phenoxy) is 1. The zero-order valence-electron chi connectivity index (χ0n) is 9.55. The number of nitrogens with one attached hydrogen (secondary N) is 1. The Morgan fingerprint density at radius 2 is 2.17 bits per heavy atom. The van der Waals surface area contributed by atoms with Crippen molar-refractivity contribution in [3.63, 3.8) is 0 Å². The predicted octanol–water partition coefficient (Wildman–Crippen LogP) is 2.22. The fourth-order valence-electron chi connectivity index (χ4n) is 1.25. The van der Waals surface area contributed by atoms with Gasteiger partial charge < -0.3 is 14.9 Å². The first kappa shape index (κ1) is 13.6. The summed E-state index contributed by atoms with van der Waals surface area (Å²) in [6, 6.07) is 4.00. The molecule has 6 nitrogen and oxygen atoms in total. The van der Waals surface area contributed by atoms with Crippen LogP contribution < -0.4 is 5.32 Å². The number of carbonyl (C=O) groups is 2. The molecule has 0 aliphatic rings. The second-order valence-electron chi connectivity index (χ2n) is 3.34. The summed E-state index contributed by atoms with van der Waals surface area (Å²) in [4.78, 5) is 22.3. The molecule has 6 heteroatoms. The summed E-state index contributed by atoms with van der Waals surface area (Å²) in [7, 11) is 0. The van der Waals surface area contributed by atoms with Crippen LogP contribution in [0.4, 0.5) is 10.5 Å². The van der Waals surface area contributed by atoms with Crippen molar-refractivity contribution in [2.75, 3.05) is 11.9 Å². The van der Waals surface area contributed by atoms with Gasteiger partial charge in [-0.2, -0.15) is 0 Å². The number of hydrogen-bond acceptors (Lipinski definition) is 4. The molecule has 96 valence electrons. The zero-order chi connectivity index (χ0) is 13.5. The number of aromatic carboxylic acids is 1. The lowest BCUT2D eigenvalue weighted by molar-refractivity contribution is 0.0695. The minimum atomic E-state index is -1.34. The first-order valence-corrected chi connectivity index (χ1v) is 5.16. The molecule has 0 saturated heterocycles. The Bertz CT molecular complexity index is 470. The quantitative estimate of drug-likeness (QED) is 0.550. The maximum atomic E-state index is 11.3. The van der Waals surface area contributed by atoms with E-state index in [2.05, 4.69) is 11.9 Å². The highest BCUT2D eigenvalue weighted by Gasteiger charge is 2.17. The third-order valence-corrected chi connectivity index (χ3v) is 2.05. The molecule has 1 rings (SSSR count). The molecule has 0 bridgehead atoms. The smallest absolute Gasteiger partial charge is 0.411 e. The van der Waals surface area contributed by atoms with Crippen molar-refractivity contribution in [2.45, 2.75) is 6.42 Å². The molecule has 0 aromatic heterocycles. The Labute approximate surface area is 104 Å². The van der Waals surface area contributed by atoms with Crippen molar-refractivity contribution in [1.29, 1.82) is 0 Å². The highest BCUT2D eigenvalue weighted by Crippen LogP contribution is 2.25. The Balaban J connectivity index is 2.78. The summed E-state index contributed by atoms with van der Waals surface area (Å²) in [6.45, 7) is 3.62. The number of amides is 1. The van der Waals surface area contributed by atoms with Gasteiger partial charge in [-0.1, -0.05) is 12.1 Å². The van der Waals surface area contributed by atoms with E-state index in [0.29, 0.717) is 6.42 Å². The van der Waals surface area contributed by atoms with Gasteiger partial charge in [-0.3, -0.25) is 5.32 Å². The van der Waals surface area contributed by atoms with E-state index < -0.39 is 17.8 Å². The van der Waals surface area contributed by atoms with Crippen molar-refractivity contribution in [2.24, 2.45) is 0 Å². The minimum absolute atomic E-state index is 0.0221. The molecular weight excluding hydrogens is 238 g/mol. The molecule has 0 aliphatic carbocycles. The second-order valence-corrected chi connectivity index (χ2v) is 3.34. The van der Waals surface area contributed by atoms with E-state index in [0.717, 1.165) is 0 Å². The predicted molar refractivity (Wildman–Crippen MR) is 64.9 cm³/mol. The van der Waals surface area contributed by atoms with E-state index in [1.807, 2.05) is 0 Å². The Kier molecular flexibility index (Phi) is 4.74. The highest BCUT2D eigenvalue weighted by molar-refractivity contribution is 6.01. The summed E-state index contributed by atoms with van der Waals surface area (Å²) >= 11 is 0. The lowest BCUT2D eigenvalue weighted by Crippen LogP contribution is -2.16. The average Bonchev–Trinajstić information content (AvgIpc) is 2.28. The number of phenols is 1. The van der Waals surface area contributed by atoms with E-state index in [-0.39, 0.29) is 17.9 Å². The second kappa shape index (κ2) is 6.29. The van der Waals surface area contributed by atoms with E-state index in [9.17, 15) is 14.7 Å². The van der Waals surface area contributed by atoms with Crippen molar-refractivity contribution in [3.05, 3.63) is 36.4 Å². The molecule has 0 heterocycles. The zero-order valence-corrected chi connectivity index (χ0v) is 9.55. The summed E-state index contributed by atoms with van der Waals surface area (Å²) in [5.74, 6) is -1.76. The van der Waals surface area contributed by atoms with E-state index >= 15 is 0 Å². The fraction of sp³-hybridized carbons (Fsp3) is 0.167. The lowest BCUT2D eigenvalue weighted by Gasteiger charge is -2.09. The van der Waals surface area contributed by atoms with Crippen LogP contribution in [0, 0.1) is 0 Å². The van der Waals surface area contributed by atoms with Crippen molar-refractivity contribution < 1.29 is 24.5 Å². The van der Waals surface area contributed by atoms with Crippen LogP contribution in [-0.4, -0.2) is 28.9 Å². The Hall–Kier alpha value is -2.50. The first-order valence-electron chi connectivity index (χ1n) is 5.16. The average molecular weight is 251 g/mol. The SMILES string of the molecule is C=CCCOC(=O)Nc1cccc(O)c1C(=O)O. The van der Waals surface area contributed by atoms with Gasteiger partial charge in [-0.05, 0) is 18.6 Å². The van der Waals surface area contributed by atoms with Gasteiger partial charge in [-0.25, -0.2) is 9.59 Å². The number of rotatable bonds is 5. The van der Waals surface area contributed by atoms with Crippen molar-refractivity contribution in [1.82, 2.24) is 0 Å². The summed E-state index contributed by atoms with van der Waals surface area (Å²) < 4.78 is 4.77. The third-order valence-electron chi connectivity index (χ3n) is 2.05. The molecule has 0 fully saturated rings. The van der Waals surface area contributed by atoms with E-state index in [4.69, 9.17) is 9.84 Å². The molecule has 0 atom stereocenters. The van der Waals surface area contributed by atoms with E-state index in [1.54, 1.807) is 6.08 Å². The topological polar surface area (TPSA) is 95.9 Å². The van der Waals surface area contributed by atoms with Gasteiger partial charge in [0.25, 0.3) is 0 Å². The molecule has 1 amide bonds. The third kappa shape index (κ3) is 3.51. The highest BCUT2D eigenvalue weighted by atomic mass is 16.5. The van der Waals surface area contributed by atoms with Crippen LogP contribution in [0.1, 0.15) is 16.8 Å². The number of hydrogen-bond donors (Lipinski definition) is 3. The molecule has 3 N–H and O–H groups in total. The Morgan fingerprint density at radius 3 is 2.78 bits per heavy atom. The van der Waals surface area contributed by atoms with Crippen LogP contribution in [0.5, 0.6) is 5.75 Å². The molecule has 18 heavy (non-hydrogen) atoms. The maximum absolute atomic E-state index is 11.3. The number of carbonyl (C=O) groups excluding carboxylic acids is 1. The van der Waals surface area contributed by atoms with Crippen LogP contribution in [0.3, 0.4) is 0 Å². The number of carboxylic acids is 1. The van der Waals surface area contributed by atoms with Crippen molar-refractivity contribution in [3.8, 4) is 5.75 Å². The number of carboxylic acid groups (broad SMARTS) is 1. The summed E-state index contributed by atoms with van der Waals surface area (Å²) in [5.41, 5.74) is -0.399. The molecule has 0 unspecified atom stereocenters. The summed E-state index contributed by atoms with van der Waals surface area (Å²) in [6.07, 6.45) is 1.30. The maximum Gasteiger partial charge on any atom is 0.411 e. The number of aromatic hydroxyl groups is 1. The first-order chi connectivity index (χ1) is 8.56. The van der Waals surface area contributed by atoms with Gasteiger partial charge in [0, 0.05) is 0 Å². The molecule has 1 aromatic carbocycles. The normalized spacial score (nSPS) is 9.56. The standard InChI is InChI=1S/C12H13NO5/c1-2-3-7-18-12(17)13-8-5-4-6-9(14)10(8)11(15)16/h2,4-6,14H,1,3,7H2,(H,13,17)(H,15,16). The van der Waals surface area contributed by atoms with Crippen LogP contribution in [0.2, 0.25) is 0 Å². The van der Waals surface area contributed by atoms with Gasteiger partial charge in [0.05, 0.1) is 12.3 Å². The van der Waals surface area contributed by atoms with Gasteiger partial charge in [0.2, 0.25) is 0 Å². The monoisotopic (exact) mass is 251 g/mol. The van der Waals surface area contributed by atoms with Gasteiger partial charge in [-0.15, -0.1) is 6.58 Å². The van der Waals surface area contributed by atoms with Crippen LogP contribution in [0.25, 0.3) is 0 Å².